The quantitative estimate of drug-likeness (QED) is 0.386. The van der Waals surface area contributed by atoms with Crippen LogP contribution in [0.2, 0.25) is 0 Å². The van der Waals surface area contributed by atoms with Crippen LogP contribution in [0.4, 0.5) is 0 Å². The van der Waals surface area contributed by atoms with Gasteiger partial charge in [0, 0.05) is 12.1 Å². The second kappa shape index (κ2) is 10.1. The summed E-state index contributed by atoms with van der Waals surface area (Å²) in [5.41, 5.74) is 1.45. The first kappa shape index (κ1) is 21.5. The van der Waals surface area contributed by atoms with Gasteiger partial charge in [-0.15, -0.1) is 21.5 Å². The van der Waals surface area contributed by atoms with Crippen LogP contribution in [0.3, 0.4) is 0 Å². The van der Waals surface area contributed by atoms with Crippen molar-refractivity contribution < 1.29 is 9.59 Å². The number of para-hydroxylation sites is 1. The molecule has 4 aromatic rings. The number of nitrogens with one attached hydrogen (secondary N) is 1. The highest BCUT2D eigenvalue weighted by molar-refractivity contribution is 8.00. The van der Waals surface area contributed by atoms with Gasteiger partial charge in [-0.25, -0.2) is 4.98 Å². The van der Waals surface area contributed by atoms with Crippen molar-refractivity contribution in [1.29, 1.82) is 0 Å². The highest BCUT2D eigenvalue weighted by Gasteiger charge is 2.16. The van der Waals surface area contributed by atoms with Crippen molar-refractivity contribution >= 4 is 56.9 Å². The molecule has 0 aliphatic heterocycles. The summed E-state index contributed by atoms with van der Waals surface area (Å²) in [7, 11) is 0. The van der Waals surface area contributed by atoms with Crippen molar-refractivity contribution in [3.63, 3.8) is 0 Å². The van der Waals surface area contributed by atoms with E-state index >= 15 is 0 Å². The number of thiazole rings is 1. The van der Waals surface area contributed by atoms with Gasteiger partial charge in [-0.05, 0) is 31.2 Å². The molecule has 0 unspecified atom stereocenters. The Morgan fingerprint density at radius 1 is 1.03 bits per heavy atom. The maximum Gasteiger partial charge on any atom is 0.257 e. The molecule has 2 aromatic carbocycles. The molecule has 4 rings (SSSR count). The number of benzene rings is 2. The molecule has 0 aliphatic carbocycles. The molecule has 10 heteroatoms. The monoisotopic (exact) mass is 469 g/mol. The smallest absolute Gasteiger partial charge is 0.257 e. The third-order valence-electron chi connectivity index (χ3n) is 4.33. The van der Waals surface area contributed by atoms with Crippen LogP contribution >= 0.6 is 34.9 Å². The topological polar surface area (TPSA) is 89.8 Å². The van der Waals surface area contributed by atoms with E-state index in [2.05, 4.69) is 26.6 Å². The third kappa shape index (κ3) is 5.33. The van der Waals surface area contributed by atoms with Gasteiger partial charge in [0.1, 0.15) is 5.82 Å². The molecular weight excluding hydrogens is 450 g/mol. The van der Waals surface area contributed by atoms with Gasteiger partial charge < -0.3 is 4.57 Å². The fourth-order valence-corrected chi connectivity index (χ4v) is 5.67. The lowest BCUT2D eigenvalue weighted by atomic mass is 10.2. The number of hydrogen-bond donors (Lipinski definition) is 1. The number of nitrogens with zero attached hydrogens (tertiary/aromatic N) is 4. The highest BCUT2D eigenvalue weighted by Crippen LogP contribution is 2.31. The predicted molar refractivity (Wildman–Crippen MR) is 125 cm³/mol. The summed E-state index contributed by atoms with van der Waals surface area (Å²) < 4.78 is 4.13. The summed E-state index contributed by atoms with van der Waals surface area (Å²) >= 11 is 4.55. The SMILES string of the molecule is CCn1c(CSc2nc3ccccc3s2)nnc1SCC(=O)NC(=O)c1ccccc1. The molecule has 2 heterocycles. The Balaban J connectivity index is 1.34. The number of carbonyl (C=O) groups is 2. The Kier molecular flexibility index (Phi) is 7.00. The Labute approximate surface area is 191 Å². The van der Waals surface area contributed by atoms with Crippen LogP contribution in [-0.4, -0.2) is 37.3 Å². The molecule has 0 atom stereocenters. The van der Waals surface area contributed by atoms with Crippen LogP contribution < -0.4 is 5.32 Å². The Morgan fingerprint density at radius 3 is 2.58 bits per heavy atom. The first-order valence-electron chi connectivity index (χ1n) is 9.56. The maximum absolute atomic E-state index is 12.2. The first-order valence-corrected chi connectivity index (χ1v) is 12.3. The van der Waals surface area contributed by atoms with Crippen LogP contribution in [0.15, 0.2) is 64.1 Å². The summed E-state index contributed by atoms with van der Waals surface area (Å²) in [6.07, 6.45) is 0. The van der Waals surface area contributed by atoms with Gasteiger partial charge in [0.15, 0.2) is 9.50 Å². The van der Waals surface area contributed by atoms with E-state index in [1.807, 2.05) is 35.8 Å². The van der Waals surface area contributed by atoms with Crippen molar-refractivity contribution in [2.24, 2.45) is 0 Å². The molecule has 0 bridgehead atoms. The number of imide groups is 1. The number of carbonyl (C=O) groups excluding carboxylic acids is 2. The molecule has 0 radical (unpaired) electrons. The van der Waals surface area contributed by atoms with Crippen LogP contribution in [0.5, 0.6) is 0 Å². The van der Waals surface area contributed by atoms with Gasteiger partial charge in [0.2, 0.25) is 5.91 Å². The second-order valence-corrected chi connectivity index (χ2v) is 9.61. The van der Waals surface area contributed by atoms with E-state index in [1.54, 1.807) is 47.4 Å². The molecule has 2 amide bonds. The minimum Gasteiger partial charge on any atom is -0.306 e. The zero-order chi connectivity index (χ0) is 21.6. The summed E-state index contributed by atoms with van der Waals surface area (Å²) in [6.45, 7) is 2.70. The second-order valence-electron chi connectivity index (χ2n) is 6.41. The van der Waals surface area contributed by atoms with Crippen molar-refractivity contribution in [1.82, 2.24) is 25.1 Å². The Hall–Kier alpha value is -2.69. The van der Waals surface area contributed by atoms with E-state index in [0.717, 1.165) is 20.4 Å². The number of amides is 2. The average molecular weight is 470 g/mol. The summed E-state index contributed by atoms with van der Waals surface area (Å²) in [5, 5.41) is 11.6. The van der Waals surface area contributed by atoms with Crippen molar-refractivity contribution in [2.45, 2.75) is 28.7 Å². The van der Waals surface area contributed by atoms with Crippen LogP contribution in [0, 0.1) is 0 Å². The highest BCUT2D eigenvalue weighted by atomic mass is 32.2. The lowest BCUT2D eigenvalue weighted by Gasteiger charge is -2.07. The Morgan fingerprint density at radius 2 is 1.81 bits per heavy atom. The molecule has 31 heavy (non-hydrogen) atoms. The fourth-order valence-electron chi connectivity index (χ4n) is 2.84. The van der Waals surface area contributed by atoms with Crippen LogP contribution in [0.25, 0.3) is 10.2 Å². The summed E-state index contributed by atoms with van der Waals surface area (Å²) in [4.78, 5) is 28.9. The van der Waals surface area contributed by atoms with E-state index in [-0.39, 0.29) is 11.7 Å². The molecule has 0 aliphatic rings. The van der Waals surface area contributed by atoms with Crippen molar-refractivity contribution in [2.75, 3.05) is 5.75 Å². The minimum atomic E-state index is -0.406. The number of fused-ring (bicyclic) bond motifs is 1. The molecule has 7 nitrogen and oxygen atoms in total. The van der Waals surface area contributed by atoms with Crippen molar-refractivity contribution in [3.05, 3.63) is 66.0 Å². The molecule has 1 N–H and O–H groups in total. The van der Waals surface area contributed by atoms with Gasteiger partial charge in [-0.2, -0.15) is 0 Å². The summed E-state index contributed by atoms with van der Waals surface area (Å²) in [6, 6.07) is 16.7. The number of rotatable bonds is 8. The fraction of sp³-hybridized carbons (Fsp3) is 0.190. The number of thioether (sulfide) groups is 2. The lowest BCUT2D eigenvalue weighted by Crippen LogP contribution is -2.31. The molecule has 2 aromatic heterocycles. The van der Waals surface area contributed by atoms with E-state index in [4.69, 9.17) is 0 Å². The van der Waals surface area contributed by atoms with Gasteiger partial charge in [-0.3, -0.25) is 14.9 Å². The van der Waals surface area contributed by atoms with Gasteiger partial charge in [0.05, 0.1) is 21.7 Å². The zero-order valence-electron chi connectivity index (χ0n) is 16.6. The average Bonchev–Trinajstić information content (AvgIpc) is 3.39. The van der Waals surface area contributed by atoms with Crippen LogP contribution in [0.1, 0.15) is 23.1 Å². The predicted octanol–water partition coefficient (Wildman–Crippen LogP) is 4.25. The molecule has 0 saturated heterocycles. The van der Waals surface area contributed by atoms with E-state index < -0.39 is 5.91 Å². The van der Waals surface area contributed by atoms with Gasteiger partial charge in [0.25, 0.3) is 5.91 Å². The number of hydrogen-bond acceptors (Lipinski definition) is 8. The minimum absolute atomic E-state index is 0.0850. The maximum atomic E-state index is 12.2. The first-order chi connectivity index (χ1) is 15.1. The standard InChI is InChI=1S/C21H19N5O2S3/c1-2-26-17(12-30-21-22-15-10-6-7-11-16(15)31-21)24-25-20(26)29-13-18(27)23-19(28)14-8-4-3-5-9-14/h3-11H,2,12-13H2,1H3,(H,23,27,28). The molecule has 0 saturated carbocycles. The van der Waals surface area contributed by atoms with Gasteiger partial charge in [-0.1, -0.05) is 53.9 Å². The molecule has 158 valence electrons. The number of aromatic nitrogens is 4. The van der Waals surface area contributed by atoms with Gasteiger partial charge >= 0.3 is 0 Å². The zero-order valence-corrected chi connectivity index (χ0v) is 19.1. The van der Waals surface area contributed by atoms with E-state index in [9.17, 15) is 9.59 Å². The Bertz CT molecular complexity index is 1170. The summed E-state index contributed by atoms with van der Waals surface area (Å²) in [5.74, 6) is 0.780. The molecule has 0 spiro atoms. The molecular formula is C21H19N5O2S3. The normalized spacial score (nSPS) is 11.0. The molecule has 0 fully saturated rings. The van der Waals surface area contributed by atoms with E-state index in [1.165, 1.54) is 11.8 Å². The largest absolute Gasteiger partial charge is 0.306 e. The van der Waals surface area contributed by atoms with E-state index in [0.29, 0.717) is 23.0 Å². The van der Waals surface area contributed by atoms with Crippen LogP contribution in [-0.2, 0) is 17.1 Å². The lowest BCUT2D eigenvalue weighted by molar-refractivity contribution is -0.117. The van der Waals surface area contributed by atoms with Crippen molar-refractivity contribution in [3.8, 4) is 0 Å². The third-order valence-corrected chi connectivity index (χ3v) is 7.47.